The molecule has 9 saturated carbocycles. The van der Waals surface area contributed by atoms with Gasteiger partial charge in [0.2, 0.25) is 0 Å². The first kappa shape index (κ1) is 7.44. The van der Waals surface area contributed by atoms with Crippen LogP contribution in [0.2, 0.25) is 0 Å². The summed E-state index contributed by atoms with van der Waals surface area (Å²) in [5, 5.41) is 0. The third-order valence-electron chi connectivity index (χ3n) is 8.94. The predicted molar refractivity (Wildman–Crippen MR) is 60.3 cm³/mol. The molecule has 0 N–H and O–H groups in total. The van der Waals surface area contributed by atoms with Crippen LogP contribution in [0.15, 0.2) is 0 Å². The first-order valence-electron chi connectivity index (χ1n) is 7.93. The van der Waals surface area contributed by atoms with Crippen molar-refractivity contribution in [3.8, 4) is 0 Å². The number of rotatable bonds is 0. The van der Waals surface area contributed by atoms with Crippen LogP contribution in [0.3, 0.4) is 0 Å². The van der Waals surface area contributed by atoms with E-state index in [-0.39, 0.29) is 0 Å². The first-order chi connectivity index (χ1) is 7.93. The summed E-state index contributed by atoms with van der Waals surface area (Å²) in [7, 11) is 0. The Labute approximate surface area is 97.2 Å². The molecule has 9 fully saturated rings. The van der Waals surface area contributed by atoms with Gasteiger partial charge in [-0.3, -0.25) is 0 Å². The molecule has 0 aromatic carbocycles. The quantitative estimate of drug-likeness (QED) is 0.579. The maximum Gasteiger partial charge on any atom is -0.0318 e. The van der Waals surface area contributed by atoms with Gasteiger partial charge in [-0.15, -0.1) is 0 Å². The monoisotopic (exact) mass is 212 g/mol. The molecule has 0 spiro atoms. The van der Waals surface area contributed by atoms with E-state index in [2.05, 4.69) is 0 Å². The van der Waals surface area contributed by atoms with Gasteiger partial charge in [0.25, 0.3) is 0 Å². The zero-order chi connectivity index (χ0) is 9.76. The highest BCUT2D eigenvalue weighted by atomic mass is 14.8. The Morgan fingerprint density at radius 2 is 0.625 bits per heavy atom. The summed E-state index contributed by atoms with van der Waals surface area (Å²) in [6.45, 7) is 0. The summed E-state index contributed by atoms with van der Waals surface area (Å²) >= 11 is 0. The van der Waals surface area contributed by atoms with E-state index in [1.54, 1.807) is 25.7 Å². The second-order valence-corrected chi connectivity index (χ2v) is 8.56. The molecule has 0 saturated heterocycles. The van der Waals surface area contributed by atoms with Crippen molar-refractivity contribution < 1.29 is 0 Å². The summed E-state index contributed by atoms with van der Waals surface area (Å²) in [6, 6.07) is 0. The summed E-state index contributed by atoms with van der Waals surface area (Å²) < 4.78 is 0. The number of hydrogen-bond donors (Lipinski definition) is 0. The molecule has 16 heavy (non-hydrogen) atoms. The molecule has 12 bridgehead atoms. The molecule has 0 heteroatoms. The van der Waals surface area contributed by atoms with Crippen LogP contribution in [0.5, 0.6) is 0 Å². The molecule has 0 nitrogen and oxygen atoms in total. The molecule has 0 aromatic rings. The third kappa shape index (κ3) is 0.512. The van der Waals surface area contributed by atoms with Crippen molar-refractivity contribution in [2.75, 3.05) is 0 Å². The van der Waals surface area contributed by atoms with Crippen LogP contribution in [-0.2, 0) is 0 Å². The van der Waals surface area contributed by atoms with Crippen LogP contribution in [0.1, 0.15) is 25.7 Å². The van der Waals surface area contributed by atoms with Gasteiger partial charge in [-0.05, 0) is 96.7 Å². The lowest BCUT2D eigenvalue weighted by Gasteiger charge is -2.31. The van der Waals surface area contributed by atoms with E-state index in [4.69, 9.17) is 0 Å². The second-order valence-electron chi connectivity index (χ2n) is 8.56. The van der Waals surface area contributed by atoms with Crippen LogP contribution < -0.4 is 0 Å². The van der Waals surface area contributed by atoms with Crippen LogP contribution >= 0.6 is 0 Å². The fourth-order valence-electron chi connectivity index (χ4n) is 8.96. The standard InChI is InChI=1S/C16H20/c1-5-7-3-9-6-2-12-15(9)16(12)10(6)4-8(5)14-11(1)13(7)14/h5-16H,1-4H2. The van der Waals surface area contributed by atoms with Gasteiger partial charge in [-0.2, -0.15) is 0 Å². The first-order valence-corrected chi connectivity index (χ1v) is 7.93. The van der Waals surface area contributed by atoms with E-state index in [1.807, 2.05) is 0 Å². The van der Waals surface area contributed by atoms with Gasteiger partial charge in [0.15, 0.2) is 0 Å². The normalized spacial score (nSPS) is 87.0. The van der Waals surface area contributed by atoms with E-state index >= 15 is 0 Å². The highest BCUT2D eigenvalue weighted by Gasteiger charge is 2.79. The Bertz CT molecular complexity index is 354. The average Bonchev–Trinajstić information content (AvgIpc) is 2.79. The maximum atomic E-state index is 1.72. The van der Waals surface area contributed by atoms with Gasteiger partial charge in [0.05, 0.1) is 0 Å². The van der Waals surface area contributed by atoms with Crippen LogP contribution in [-0.4, -0.2) is 0 Å². The molecule has 9 aliphatic rings. The number of hydrogen-bond acceptors (Lipinski definition) is 0. The van der Waals surface area contributed by atoms with Gasteiger partial charge >= 0.3 is 0 Å². The Morgan fingerprint density at radius 3 is 0.938 bits per heavy atom. The van der Waals surface area contributed by atoms with E-state index in [9.17, 15) is 0 Å². The Morgan fingerprint density at radius 1 is 0.312 bits per heavy atom. The van der Waals surface area contributed by atoms with E-state index in [0.29, 0.717) is 0 Å². The molecule has 0 radical (unpaired) electrons. The van der Waals surface area contributed by atoms with Crippen molar-refractivity contribution in [2.24, 2.45) is 71.0 Å². The average molecular weight is 212 g/mol. The molecule has 8 unspecified atom stereocenters. The summed E-state index contributed by atoms with van der Waals surface area (Å²) in [6.07, 6.45) is 6.82. The summed E-state index contributed by atoms with van der Waals surface area (Å²) in [5.74, 6) is 15.2. The second kappa shape index (κ2) is 1.84. The lowest BCUT2D eigenvalue weighted by Crippen LogP contribution is -2.25. The summed E-state index contributed by atoms with van der Waals surface area (Å²) in [4.78, 5) is 0. The lowest BCUT2D eigenvalue weighted by atomic mass is 9.73. The summed E-state index contributed by atoms with van der Waals surface area (Å²) in [5.41, 5.74) is 0. The molecule has 84 valence electrons. The van der Waals surface area contributed by atoms with Crippen molar-refractivity contribution in [3.63, 3.8) is 0 Å². The van der Waals surface area contributed by atoms with E-state index in [0.717, 1.165) is 0 Å². The minimum atomic E-state index is 1.25. The zero-order valence-corrected chi connectivity index (χ0v) is 9.76. The van der Waals surface area contributed by atoms with Gasteiger partial charge in [-0.25, -0.2) is 0 Å². The Hall–Kier alpha value is 0. The minimum Gasteiger partial charge on any atom is -0.0465 e. The molecule has 9 aliphatic carbocycles. The molecule has 0 heterocycles. The fraction of sp³-hybridized carbons (Fsp3) is 1.00. The van der Waals surface area contributed by atoms with Gasteiger partial charge in [0, 0.05) is 0 Å². The largest absolute Gasteiger partial charge is 0.0465 e. The third-order valence-corrected chi connectivity index (χ3v) is 8.94. The highest BCUT2D eigenvalue weighted by Crippen LogP contribution is 2.85. The van der Waals surface area contributed by atoms with Crippen molar-refractivity contribution in [3.05, 3.63) is 0 Å². The molecule has 8 atom stereocenters. The van der Waals surface area contributed by atoms with Crippen molar-refractivity contribution in [2.45, 2.75) is 25.7 Å². The lowest BCUT2D eigenvalue weighted by molar-refractivity contribution is 0.171. The molecule has 9 rings (SSSR count). The molecular formula is C16H20. The SMILES string of the molecule is C1C2C3CC4C2C4C3CC2C3CC4C(C13)C24. The fourth-order valence-corrected chi connectivity index (χ4v) is 8.96. The van der Waals surface area contributed by atoms with Gasteiger partial charge < -0.3 is 0 Å². The molecule has 0 aromatic heterocycles. The van der Waals surface area contributed by atoms with Gasteiger partial charge in [-0.1, -0.05) is 0 Å². The van der Waals surface area contributed by atoms with Crippen molar-refractivity contribution in [1.82, 2.24) is 0 Å². The van der Waals surface area contributed by atoms with Crippen molar-refractivity contribution >= 4 is 0 Å². The Balaban J connectivity index is 1.43. The smallest absolute Gasteiger partial charge is 0.0318 e. The van der Waals surface area contributed by atoms with Crippen LogP contribution in [0.4, 0.5) is 0 Å². The minimum absolute atomic E-state index is 1.25. The van der Waals surface area contributed by atoms with Crippen LogP contribution in [0.25, 0.3) is 0 Å². The highest BCUT2D eigenvalue weighted by molar-refractivity contribution is 5.27. The zero-order valence-electron chi connectivity index (χ0n) is 9.76. The molecule has 0 aliphatic heterocycles. The predicted octanol–water partition coefficient (Wildman–Crippen LogP) is 3.04. The van der Waals surface area contributed by atoms with Gasteiger partial charge in [0.1, 0.15) is 0 Å². The molecular weight excluding hydrogens is 192 g/mol. The molecule has 0 amide bonds. The Kier molecular flexibility index (Phi) is 0.854. The topological polar surface area (TPSA) is 0 Å². The van der Waals surface area contributed by atoms with E-state index in [1.165, 1.54) is 71.0 Å². The van der Waals surface area contributed by atoms with E-state index < -0.39 is 0 Å². The van der Waals surface area contributed by atoms with Crippen molar-refractivity contribution in [1.29, 1.82) is 0 Å². The maximum absolute atomic E-state index is 1.72. The van der Waals surface area contributed by atoms with Crippen LogP contribution in [0, 0.1) is 71.0 Å².